The van der Waals surface area contributed by atoms with Crippen molar-refractivity contribution >= 4 is 44.6 Å². The highest BCUT2D eigenvalue weighted by atomic mass is 35.5. The zero-order chi connectivity index (χ0) is 17.7. The number of hydrogen-bond acceptors (Lipinski definition) is 3. The van der Waals surface area contributed by atoms with Gasteiger partial charge in [-0.2, -0.15) is 0 Å². The van der Waals surface area contributed by atoms with Gasteiger partial charge in [0.05, 0.1) is 20.7 Å². The molecule has 0 saturated heterocycles. The second kappa shape index (κ2) is 8.01. The molecule has 2 aromatic carbocycles. The van der Waals surface area contributed by atoms with Crippen molar-refractivity contribution in [3.8, 4) is 0 Å². The van der Waals surface area contributed by atoms with Gasteiger partial charge < -0.3 is 5.32 Å². The van der Waals surface area contributed by atoms with Crippen molar-refractivity contribution in [3.05, 3.63) is 58.1 Å². The van der Waals surface area contributed by atoms with Gasteiger partial charge in [0.15, 0.2) is 9.84 Å². The molecule has 0 aliphatic heterocycles. The van der Waals surface area contributed by atoms with Crippen molar-refractivity contribution in [3.63, 3.8) is 0 Å². The maximum absolute atomic E-state index is 12.0. The van der Waals surface area contributed by atoms with E-state index in [2.05, 4.69) is 5.32 Å². The number of rotatable bonds is 6. The van der Waals surface area contributed by atoms with Crippen molar-refractivity contribution in [2.75, 3.05) is 11.1 Å². The van der Waals surface area contributed by atoms with E-state index in [0.717, 1.165) is 5.56 Å². The Hall–Kier alpha value is -1.56. The molecule has 0 spiro atoms. The first-order valence-corrected chi connectivity index (χ1v) is 9.80. The largest absolute Gasteiger partial charge is 0.326 e. The number of hydrogen-bond donors (Lipinski definition) is 1. The Balaban J connectivity index is 1.96. The van der Waals surface area contributed by atoms with Crippen LogP contribution in [0, 0.1) is 0 Å². The number of benzene rings is 2. The topological polar surface area (TPSA) is 63.2 Å². The fourth-order valence-corrected chi connectivity index (χ4v) is 3.42. The first kappa shape index (κ1) is 18.8. The number of sulfone groups is 1. The van der Waals surface area contributed by atoms with E-state index >= 15 is 0 Å². The molecule has 1 amide bonds. The van der Waals surface area contributed by atoms with Crippen molar-refractivity contribution in [2.45, 2.75) is 24.7 Å². The Morgan fingerprint density at radius 3 is 2.38 bits per heavy atom. The van der Waals surface area contributed by atoms with E-state index in [9.17, 15) is 13.2 Å². The van der Waals surface area contributed by atoms with Crippen LogP contribution < -0.4 is 5.32 Å². The molecule has 0 fully saturated rings. The zero-order valence-electron chi connectivity index (χ0n) is 13.1. The molecule has 7 heteroatoms. The maximum Gasteiger partial charge on any atom is 0.224 e. The molecule has 128 valence electrons. The number of aryl methyl sites for hydroxylation is 1. The van der Waals surface area contributed by atoms with Gasteiger partial charge in [0, 0.05) is 12.1 Å². The van der Waals surface area contributed by atoms with Gasteiger partial charge in [-0.15, -0.1) is 0 Å². The molecule has 0 saturated carbocycles. The molecule has 1 N–H and O–H groups in total. The van der Waals surface area contributed by atoms with Gasteiger partial charge in [-0.25, -0.2) is 8.42 Å². The Labute approximate surface area is 151 Å². The molecule has 0 heterocycles. The third-order valence-electron chi connectivity index (χ3n) is 3.53. The van der Waals surface area contributed by atoms with E-state index in [4.69, 9.17) is 23.2 Å². The van der Waals surface area contributed by atoms with Crippen LogP contribution >= 0.6 is 23.2 Å². The molecule has 2 rings (SSSR count). The summed E-state index contributed by atoms with van der Waals surface area (Å²) in [6, 6.07) is 11.4. The molecule has 2 aromatic rings. The number of carbonyl (C=O) groups is 1. The number of halogens is 2. The third kappa shape index (κ3) is 4.72. The number of carbonyl (C=O) groups excluding carboxylic acids is 1. The average Bonchev–Trinajstić information content (AvgIpc) is 2.56. The minimum atomic E-state index is -3.24. The first-order valence-electron chi connectivity index (χ1n) is 7.39. The second-order valence-electron chi connectivity index (χ2n) is 5.19. The second-order valence-corrected chi connectivity index (χ2v) is 8.25. The van der Waals surface area contributed by atoms with Crippen molar-refractivity contribution in [2.24, 2.45) is 0 Å². The minimum Gasteiger partial charge on any atom is -0.326 e. The lowest BCUT2D eigenvalue weighted by atomic mass is 10.1. The van der Waals surface area contributed by atoms with Crippen LogP contribution in [0.3, 0.4) is 0 Å². The van der Waals surface area contributed by atoms with Crippen molar-refractivity contribution in [1.29, 1.82) is 0 Å². The Morgan fingerprint density at radius 1 is 1.08 bits per heavy atom. The van der Waals surface area contributed by atoms with E-state index in [1.54, 1.807) is 31.2 Å². The van der Waals surface area contributed by atoms with E-state index < -0.39 is 9.84 Å². The quantitative estimate of drug-likeness (QED) is 0.803. The van der Waals surface area contributed by atoms with Crippen molar-refractivity contribution in [1.82, 2.24) is 0 Å². The summed E-state index contributed by atoms with van der Waals surface area (Å²) in [6.07, 6.45) is 0.711. The smallest absolute Gasteiger partial charge is 0.224 e. The standard InChI is InChI=1S/C17H17Cl2NO3S/c1-2-24(22,23)14-9-7-13(8-10-14)20-16(21)11-6-12-4-3-5-15(18)17(12)19/h3-5,7-10H,2,6,11H2,1H3,(H,20,21). The summed E-state index contributed by atoms with van der Waals surface area (Å²) >= 11 is 12.0. The summed E-state index contributed by atoms with van der Waals surface area (Å²) in [7, 11) is -3.24. The fourth-order valence-electron chi connectivity index (χ4n) is 2.13. The summed E-state index contributed by atoms with van der Waals surface area (Å²) in [5.41, 5.74) is 1.36. The lowest BCUT2D eigenvalue weighted by Crippen LogP contribution is -2.12. The molecule has 0 aliphatic carbocycles. The van der Waals surface area contributed by atoms with Gasteiger partial charge in [0.25, 0.3) is 0 Å². The molecule has 4 nitrogen and oxygen atoms in total. The molecule has 0 atom stereocenters. The van der Waals surface area contributed by atoms with Crippen LogP contribution in [-0.4, -0.2) is 20.1 Å². The van der Waals surface area contributed by atoms with Gasteiger partial charge in [0.2, 0.25) is 5.91 Å². The summed E-state index contributed by atoms with van der Waals surface area (Å²) in [5.74, 6) is -0.142. The first-order chi connectivity index (χ1) is 11.3. The Kier molecular flexibility index (Phi) is 6.27. The lowest BCUT2D eigenvalue weighted by molar-refractivity contribution is -0.116. The van der Waals surface area contributed by atoms with Gasteiger partial charge in [-0.05, 0) is 42.3 Å². The molecular weight excluding hydrogens is 369 g/mol. The van der Waals surface area contributed by atoms with Crippen LogP contribution in [0.5, 0.6) is 0 Å². The van der Waals surface area contributed by atoms with Gasteiger partial charge in [0.1, 0.15) is 0 Å². The van der Waals surface area contributed by atoms with Crippen LogP contribution in [0.15, 0.2) is 47.4 Å². The predicted octanol–water partition coefficient (Wildman–Crippen LogP) is 4.36. The summed E-state index contributed by atoms with van der Waals surface area (Å²) in [6.45, 7) is 1.59. The van der Waals surface area contributed by atoms with Crippen LogP contribution in [-0.2, 0) is 21.1 Å². The number of amides is 1. The van der Waals surface area contributed by atoms with Crippen LogP contribution in [0.25, 0.3) is 0 Å². The summed E-state index contributed by atoms with van der Waals surface area (Å²) in [4.78, 5) is 12.3. The van der Waals surface area contributed by atoms with Crippen LogP contribution in [0.2, 0.25) is 10.0 Å². The van der Waals surface area contributed by atoms with Gasteiger partial charge in [-0.3, -0.25) is 4.79 Å². The number of nitrogens with one attached hydrogen (secondary N) is 1. The van der Waals surface area contributed by atoms with E-state index in [0.29, 0.717) is 22.2 Å². The highest BCUT2D eigenvalue weighted by molar-refractivity contribution is 7.91. The third-order valence-corrected chi connectivity index (χ3v) is 6.14. The minimum absolute atomic E-state index is 0.0408. The zero-order valence-corrected chi connectivity index (χ0v) is 15.4. The Bertz CT molecular complexity index is 833. The molecule has 0 unspecified atom stereocenters. The van der Waals surface area contributed by atoms with E-state index in [-0.39, 0.29) is 23.0 Å². The lowest BCUT2D eigenvalue weighted by Gasteiger charge is -2.08. The van der Waals surface area contributed by atoms with Crippen LogP contribution in [0.4, 0.5) is 5.69 Å². The predicted molar refractivity (Wildman–Crippen MR) is 97.6 cm³/mol. The molecule has 0 radical (unpaired) electrons. The molecule has 24 heavy (non-hydrogen) atoms. The van der Waals surface area contributed by atoms with Gasteiger partial charge in [-0.1, -0.05) is 42.3 Å². The summed E-state index contributed by atoms with van der Waals surface area (Å²) in [5, 5.41) is 3.65. The molecule has 0 aliphatic rings. The molecule has 0 bridgehead atoms. The van der Waals surface area contributed by atoms with Gasteiger partial charge >= 0.3 is 0 Å². The average molecular weight is 386 g/mol. The normalized spacial score (nSPS) is 11.3. The van der Waals surface area contributed by atoms with Crippen molar-refractivity contribution < 1.29 is 13.2 Å². The highest BCUT2D eigenvalue weighted by Crippen LogP contribution is 2.26. The fraction of sp³-hybridized carbons (Fsp3) is 0.235. The SMILES string of the molecule is CCS(=O)(=O)c1ccc(NC(=O)CCc2cccc(Cl)c2Cl)cc1. The molecule has 0 aromatic heterocycles. The number of anilines is 1. The highest BCUT2D eigenvalue weighted by Gasteiger charge is 2.12. The molecular formula is C17H17Cl2NO3S. The van der Waals surface area contributed by atoms with E-state index in [1.165, 1.54) is 12.1 Å². The summed E-state index contributed by atoms with van der Waals surface area (Å²) < 4.78 is 23.5. The van der Waals surface area contributed by atoms with Crippen LogP contribution in [0.1, 0.15) is 18.9 Å². The maximum atomic E-state index is 12.0. The Morgan fingerprint density at radius 2 is 1.75 bits per heavy atom. The monoisotopic (exact) mass is 385 g/mol. The van der Waals surface area contributed by atoms with E-state index in [1.807, 2.05) is 6.07 Å².